The zero-order valence-corrected chi connectivity index (χ0v) is 11.6. The van der Waals surface area contributed by atoms with E-state index in [9.17, 15) is 9.59 Å². The Balaban J connectivity index is 2.06. The van der Waals surface area contributed by atoms with Gasteiger partial charge in [-0.25, -0.2) is 9.69 Å². The maximum Gasteiger partial charge on any atom is 0.329 e. The monoisotopic (exact) mass is 272 g/mol. The number of rotatable bonds is 2. The quantitative estimate of drug-likeness (QED) is 0.820. The molecule has 1 atom stereocenters. The van der Waals surface area contributed by atoms with Crippen LogP contribution in [0.5, 0.6) is 0 Å². The van der Waals surface area contributed by atoms with Crippen LogP contribution in [0.25, 0.3) is 10.9 Å². The molecule has 1 aliphatic heterocycles. The van der Waals surface area contributed by atoms with E-state index in [2.05, 4.69) is 15.5 Å². The second-order valence-corrected chi connectivity index (χ2v) is 5.44. The third-order valence-corrected chi connectivity index (χ3v) is 3.64. The van der Waals surface area contributed by atoms with E-state index in [1.165, 1.54) is 4.90 Å². The Kier molecular flexibility index (Phi) is 2.74. The standard InChI is InChI=1S/C14H16N4O2/c1-7(2)12-13(19)18(14(20)16-12)9-4-8(3)10-6-15-17-11(10)5-9/h4-7,12H,1-3H3,(H,15,17)(H,16,20)/t12-/m0/s1. The van der Waals surface area contributed by atoms with E-state index >= 15 is 0 Å². The number of H-pyrrole nitrogens is 1. The highest BCUT2D eigenvalue weighted by atomic mass is 16.2. The number of amides is 3. The van der Waals surface area contributed by atoms with Gasteiger partial charge in [-0.15, -0.1) is 0 Å². The number of hydrogen-bond donors (Lipinski definition) is 2. The summed E-state index contributed by atoms with van der Waals surface area (Å²) in [6.45, 7) is 5.76. The number of benzene rings is 1. The van der Waals surface area contributed by atoms with Crippen molar-refractivity contribution in [3.05, 3.63) is 23.9 Å². The first-order valence-electron chi connectivity index (χ1n) is 6.57. The van der Waals surface area contributed by atoms with Crippen molar-refractivity contribution in [3.8, 4) is 0 Å². The Morgan fingerprint density at radius 2 is 2.05 bits per heavy atom. The normalized spacial score (nSPS) is 19.2. The maximum atomic E-state index is 12.4. The topological polar surface area (TPSA) is 78.1 Å². The number of carbonyl (C=O) groups is 2. The molecular formula is C14H16N4O2. The van der Waals surface area contributed by atoms with Gasteiger partial charge in [-0.05, 0) is 30.5 Å². The number of nitrogens with zero attached hydrogens (tertiary/aromatic N) is 2. The van der Waals surface area contributed by atoms with E-state index in [0.717, 1.165) is 16.5 Å². The second kappa shape index (κ2) is 4.33. The number of nitrogens with one attached hydrogen (secondary N) is 2. The molecule has 3 rings (SSSR count). The number of urea groups is 1. The predicted octanol–water partition coefficient (Wildman–Crippen LogP) is 1.95. The molecule has 1 aromatic carbocycles. The van der Waals surface area contributed by atoms with Gasteiger partial charge in [0.15, 0.2) is 0 Å². The molecule has 1 aliphatic rings. The van der Waals surface area contributed by atoms with Crippen LogP contribution >= 0.6 is 0 Å². The van der Waals surface area contributed by atoms with Crippen LogP contribution in [-0.2, 0) is 4.79 Å². The molecule has 104 valence electrons. The molecule has 0 unspecified atom stereocenters. The number of aromatic nitrogens is 2. The van der Waals surface area contributed by atoms with Crippen molar-refractivity contribution in [2.24, 2.45) is 5.92 Å². The molecular weight excluding hydrogens is 256 g/mol. The molecule has 0 radical (unpaired) electrons. The van der Waals surface area contributed by atoms with E-state index in [1.54, 1.807) is 12.3 Å². The molecule has 1 aromatic heterocycles. The molecule has 3 amide bonds. The highest BCUT2D eigenvalue weighted by Crippen LogP contribution is 2.27. The van der Waals surface area contributed by atoms with Crippen LogP contribution in [0.3, 0.4) is 0 Å². The fraction of sp³-hybridized carbons (Fsp3) is 0.357. The first-order valence-corrected chi connectivity index (χ1v) is 6.57. The Bertz CT molecular complexity index is 704. The molecule has 20 heavy (non-hydrogen) atoms. The average Bonchev–Trinajstić information content (AvgIpc) is 2.94. The van der Waals surface area contributed by atoms with Gasteiger partial charge in [-0.3, -0.25) is 9.89 Å². The van der Waals surface area contributed by atoms with Gasteiger partial charge in [0, 0.05) is 5.39 Å². The average molecular weight is 272 g/mol. The second-order valence-electron chi connectivity index (χ2n) is 5.44. The molecule has 0 saturated carbocycles. The number of fused-ring (bicyclic) bond motifs is 1. The summed E-state index contributed by atoms with van der Waals surface area (Å²) in [4.78, 5) is 25.6. The van der Waals surface area contributed by atoms with Gasteiger partial charge in [0.05, 0.1) is 17.4 Å². The molecule has 0 bridgehead atoms. The Morgan fingerprint density at radius 1 is 1.30 bits per heavy atom. The van der Waals surface area contributed by atoms with Crippen molar-refractivity contribution >= 4 is 28.5 Å². The molecule has 0 aliphatic carbocycles. The van der Waals surface area contributed by atoms with Crippen LogP contribution in [-0.4, -0.2) is 28.2 Å². The summed E-state index contributed by atoms with van der Waals surface area (Å²) in [5.74, 6) is -0.142. The summed E-state index contributed by atoms with van der Waals surface area (Å²) in [5.41, 5.74) is 2.36. The zero-order valence-electron chi connectivity index (χ0n) is 11.6. The van der Waals surface area contributed by atoms with Crippen molar-refractivity contribution in [3.63, 3.8) is 0 Å². The summed E-state index contributed by atoms with van der Waals surface area (Å²) in [6, 6.07) is 2.78. The summed E-state index contributed by atoms with van der Waals surface area (Å²) < 4.78 is 0. The first kappa shape index (κ1) is 12.7. The number of carbonyl (C=O) groups excluding carboxylic acids is 2. The smallest absolute Gasteiger partial charge is 0.325 e. The van der Waals surface area contributed by atoms with Crippen molar-refractivity contribution < 1.29 is 9.59 Å². The van der Waals surface area contributed by atoms with Gasteiger partial charge in [0.1, 0.15) is 6.04 Å². The summed E-state index contributed by atoms with van der Waals surface area (Å²) in [5, 5.41) is 10.6. The summed E-state index contributed by atoms with van der Waals surface area (Å²) in [6.07, 6.45) is 1.73. The largest absolute Gasteiger partial charge is 0.329 e. The molecule has 1 fully saturated rings. The minimum Gasteiger partial charge on any atom is -0.325 e. The van der Waals surface area contributed by atoms with Crippen molar-refractivity contribution in [2.45, 2.75) is 26.8 Å². The summed E-state index contributed by atoms with van der Waals surface area (Å²) >= 11 is 0. The summed E-state index contributed by atoms with van der Waals surface area (Å²) in [7, 11) is 0. The van der Waals surface area contributed by atoms with Gasteiger partial charge in [-0.1, -0.05) is 13.8 Å². The molecule has 2 aromatic rings. The van der Waals surface area contributed by atoms with Crippen molar-refractivity contribution in [2.75, 3.05) is 4.90 Å². The number of aryl methyl sites for hydroxylation is 1. The van der Waals surface area contributed by atoms with Gasteiger partial charge in [0.25, 0.3) is 5.91 Å². The Labute approximate surface area is 116 Å². The van der Waals surface area contributed by atoms with E-state index in [0.29, 0.717) is 5.69 Å². The lowest BCUT2D eigenvalue weighted by Gasteiger charge is -2.15. The number of aromatic amines is 1. The van der Waals surface area contributed by atoms with Gasteiger partial charge in [0.2, 0.25) is 0 Å². The lowest BCUT2D eigenvalue weighted by molar-refractivity contribution is -0.119. The Hall–Kier alpha value is -2.37. The van der Waals surface area contributed by atoms with E-state index < -0.39 is 6.04 Å². The van der Waals surface area contributed by atoms with E-state index in [-0.39, 0.29) is 17.9 Å². The predicted molar refractivity (Wildman–Crippen MR) is 75.5 cm³/mol. The third-order valence-electron chi connectivity index (χ3n) is 3.64. The van der Waals surface area contributed by atoms with Gasteiger partial charge in [-0.2, -0.15) is 5.10 Å². The van der Waals surface area contributed by atoms with Crippen LogP contribution in [0.2, 0.25) is 0 Å². The zero-order chi connectivity index (χ0) is 14.4. The van der Waals surface area contributed by atoms with E-state index in [1.807, 2.05) is 26.8 Å². The van der Waals surface area contributed by atoms with Crippen molar-refractivity contribution in [1.29, 1.82) is 0 Å². The van der Waals surface area contributed by atoms with Crippen molar-refractivity contribution in [1.82, 2.24) is 15.5 Å². The van der Waals surface area contributed by atoms with Crippen LogP contribution in [0, 0.1) is 12.8 Å². The maximum absolute atomic E-state index is 12.4. The molecule has 1 saturated heterocycles. The van der Waals surface area contributed by atoms with Gasteiger partial charge < -0.3 is 5.32 Å². The molecule has 6 heteroatoms. The lowest BCUT2D eigenvalue weighted by Crippen LogP contribution is -2.34. The number of anilines is 1. The van der Waals surface area contributed by atoms with Crippen LogP contribution in [0.15, 0.2) is 18.3 Å². The van der Waals surface area contributed by atoms with Crippen LogP contribution in [0.1, 0.15) is 19.4 Å². The van der Waals surface area contributed by atoms with Crippen LogP contribution < -0.4 is 10.2 Å². The highest BCUT2D eigenvalue weighted by molar-refractivity contribution is 6.22. The Morgan fingerprint density at radius 3 is 2.70 bits per heavy atom. The molecule has 6 nitrogen and oxygen atoms in total. The molecule has 2 N–H and O–H groups in total. The fourth-order valence-electron chi connectivity index (χ4n) is 2.53. The third kappa shape index (κ3) is 1.76. The lowest BCUT2D eigenvalue weighted by atomic mass is 10.0. The minimum atomic E-state index is -0.458. The molecule has 2 heterocycles. The number of imide groups is 1. The van der Waals surface area contributed by atoms with Crippen LogP contribution in [0.4, 0.5) is 10.5 Å². The number of hydrogen-bond acceptors (Lipinski definition) is 3. The minimum absolute atomic E-state index is 0.0634. The van der Waals surface area contributed by atoms with E-state index in [4.69, 9.17) is 0 Å². The fourth-order valence-corrected chi connectivity index (χ4v) is 2.53. The van der Waals surface area contributed by atoms with Gasteiger partial charge >= 0.3 is 6.03 Å². The highest BCUT2D eigenvalue weighted by Gasteiger charge is 2.40. The SMILES string of the molecule is Cc1cc(N2C(=O)N[C@@H](C(C)C)C2=O)cc2[nH]ncc12. The first-order chi connectivity index (χ1) is 9.49. The molecule has 0 spiro atoms.